The van der Waals surface area contributed by atoms with Crippen LogP contribution in [0.15, 0.2) is 23.1 Å². The van der Waals surface area contributed by atoms with Crippen molar-refractivity contribution in [3.8, 4) is 6.07 Å². The van der Waals surface area contributed by atoms with Crippen LogP contribution in [0.5, 0.6) is 0 Å². The van der Waals surface area contributed by atoms with Gasteiger partial charge >= 0.3 is 0 Å². The molecule has 0 saturated heterocycles. The highest BCUT2D eigenvalue weighted by atomic mass is 32.2. The van der Waals surface area contributed by atoms with Gasteiger partial charge in [-0.25, -0.2) is 13.1 Å². The van der Waals surface area contributed by atoms with Crippen LogP contribution in [0.2, 0.25) is 0 Å². The third kappa shape index (κ3) is 2.87. The topological polar surface area (TPSA) is 70.0 Å². The zero-order valence-corrected chi connectivity index (χ0v) is 12.9. The van der Waals surface area contributed by atoms with Crippen LogP contribution in [-0.4, -0.2) is 15.0 Å². The van der Waals surface area contributed by atoms with Crippen LogP contribution < -0.4 is 4.72 Å². The molecule has 2 rings (SSSR count). The summed E-state index contributed by atoms with van der Waals surface area (Å²) in [4.78, 5) is 0.260. The van der Waals surface area contributed by atoms with E-state index < -0.39 is 10.0 Å². The number of benzene rings is 1. The molecule has 0 radical (unpaired) electrons. The summed E-state index contributed by atoms with van der Waals surface area (Å²) in [7, 11) is -3.50. The SMILES string of the molecule is Cc1cc(C#N)ccc1S(=O)(=O)NCC1(C(C)C)CC1. The van der Waals surface area contributed by atoms with Crippen molar-refractivity contribution < 1.29 is 8.42 Å². The van der Waals surface area contributed by atoms with Crippen LogP contribution in [0.1, 0.15) is 37.8 Å². The Morgan fingerprint density at radius 1 is 1.40 bits per heavy atom. The van der Waals surface area contributed by atoms with E-state index in [2.05, 4.69) is 18.6 Å². The molecule has 5 heteroatoms. The molecule has 1 aliphatic carbocycles. The van der Waals surface area contributed by atoms with E-state index in [0.717, 1.165) is 12.8 Å². The summed E-state index contributed by atoms with van der Waals surface area (Å²) in [5.74, 6) is 0.479. The van der Waals surface area contributed by atoms with Gasteiger partial charge in [-0.2, -0.15) is 5.26 Å². The quantitative estimate of drug-likeness (QED) is 0.906. The lowest BCUT2D eigenvalue weighted by atomic mass is 9.93. The van der Waals surface area contributed by atoms with Gasteiger partial charge in [0, 0.05) is 6.54 Å². The number of rotatable bonds is 5. The maximum atomic E-state index is 12.4. The van der Waals surface area contributed by atoms with Crippen LogP contribution in [0.3, 0.4) is 0 Å². The fourth-order valence-corrected chi connectivity index (χ4v) is 3.82. The first kappa shape index (κ1) is 15.0. The highest BCUT2D eigenvalue weighted by molar-refractivity contribution is 7.89. The van der Waals surface area contributed by atoms with Gasteiger partial charge in [-0.3, -0.25) is 0 Å². The van der Waals surface area contributed by atoms with Crippen LogP contribution in [0.25, 0.3) is 0 Å². The summed E-state index contributed by atoms with van der Waals surface area (Å²) in [6, 6.07) is 6.66. The van der Waals surface area contributed by atoms with Gasteiger partial charge < -0.3 is 0 Å². The van der Waals surface area contributed by atoms with Gasteiger partial charge in [-0.1, -0.05) is 13.8 Å². The lowest BCUT2D eigenvalue weighted by Crippen LogP contribution is -2.33. The Morgan fingerprint density at radius 2 is 2.05 bits per heavy atom. The Bertz CT molecular complexity index is 653. The number of hydrogen-bond donors (Lipinski definition) is 1. The molecule has 0 spiro atoms. The van der Waals surface area contributed by atoms with E-state index in [-0.39, 0.29) is 10.3 Å². The van der Waals surface area contributed by atoms with Crippen molar-refractivity contribution in [2.45, 2.75) is 38.5 Å². The molecule has 0 aromatic heterocycles. The van der Waals surface area contributed by atoms with Gasteiger partial charge in [0.2, 0.25) is 10.0 Å². The Balaban J connectivity index is 2.17. The molecule has 1 aliphatic rings. The average molecular weight is 292 g/mol. The molecule has 0 amide bonds. The Morgan fingerprint density at radius 3 is 2.50 bits per heavy atom. The van der Waals surface area contributed by atoms with E-state index in [4.69, 9.17) is 5.26 Å². The molecular weight excluding hydrogens is 272 g/mol. The second kappa shape index (κ2) is 5.19. The van der Waals surface area contributed by atoms with Crippen LogP contribution in [0.4, 0.5) is 0 Å². The lowest BCUT2D eigenvalue weighted by Gasteiger charge is -2.20. The van der Waals surface area contributed by atoms with Gasteiger partial charge in [-0.15, -0.1) is 0 Å². The first-order chi connectivity index (χ1) is 9.31. The van der Waals surface area contributed by atoms with E-state index >= 15 is 0 Å². The molecule has 108 valence electrons. The largest absolute Gasteiger partial charge is 0.240 e. The van der Waals surface area contributed by atoms with Gasteiger partial charge in [-0.05, 0) is 54.9 Å². The highest BCUT2D eigenvalue weighted by Gasteiger charge is 2.45. The van der Waals surface area contributed by atoms with Crippen molar-refractivity contribution in [1.82, 2.24) is 4.72 Å². The molecular formula is C15H20N2O2S. The molecule has 0 heterocycles. The standard InChI is InChI=1S/C15H20N2O2S/c1-11(2)15(6-7-15)10-17-20(18,19)14-5-4-13(9-16)8-12(14)3/h4-5,8,11,17H,6-7,10H2,1-3H3. The number of nitrogens with one attached hydrogen (secondary N) is 1. The fraction of sp³-hybridized carbons (Fsp3) is 0.533. The van der Waals surface area contributed by atoms with Crippen molar-refractivity contribution >= 4 is 10.0 Å². The summed E-state index contributed by atoms with van der Waals surface area (Å²) in [5, 5.41) is 8.82. The van der Waals surface area contributed by atoms with Crippen LogP contribution >= 0.6 is 0 Å². The summed E-state index contributed by atoms with van der Waals surface area (Å²) in [6.07, 6.45) is 2.17. The minimum absolute atomic E-state index is 0.133. The van der Waals surface area contributed by atoms with E-state index in [9.17, 15) is 8.42 Å². The fourth-order valence-electron chi connectivity index (χ4n) is 2.46. The van der Waals surface area contributed by atoms with E-state index in [0.29, 0.717) is 23.6 Å². The zero-order valence-electron chi connectivity index (χ0n) is 12.1. The van der Waals surface area contributed by atoms with Crippen LogP contribution in [-0.2, 0) is 10.0 Å². The molecule has 0 unspecified atom stereocenters. The highest BCUT2D eigenvalue weighted by Crippen LogP contribution is 2.51. The molecule has 20 heavy (non-hydrogen) atoms. The molecule has 1 saturated carbocycles. The van der Waals surface area contributed by atoms with E-state index in [1.54, 1.807) is 13.0 Å². The average Bonchev–Trinajstić information content (AvgIpc) is 3.17. The summed E-state index contributed by atoms with van der Waals surface area (Å²) >= 11 is 0. The van der Waals surface area contributed by atoms with Crippen molar-refractivity contribution in [2.75, 3.05) is 6.54 Å². The molecule has 0 bridgehead atoms. The Labute approximate surface area is 120 Å². The van der Waals surface area contributed by atoms with Gasteiger partial charge in [0.15, 0.2) is 0 Å². The van der Waals surface area contributed by atoms with Crippen molar-refractivity contribution in [3.05, 3.63) is 29.3 Å². The Hall–Kier alpha value is -1.38. The first-order valence-corrected chi connectivity index (χ1v) is 8.29. The van der Waals surface area contributed by atoms with E-state index in [1.807, 2.05) is 6.07 Å². The van der Waals surface area contributed by atoms with Crippen molar-refractivity contribution in [2.24, 2.45) is 11.3 Å². The predicted octanol–water partition coefficient (Wildman–Crippen LogP) is 2.58. The van der Waals surface area contributed by atoms with E-state index in [1.165, 1.54) is 12.1 Å². The van der Waals surface area contributed by atoms with Gasteiger partial charge in [0.25, 0.3) is 0 Å². The van der Waals surface area contributed by atoms with Gasteiger partial charge in [0.05, 0.1) is 16.5 Å². The normalized spacial score (nSPS) is 16.9. The summed E-state index contributed by atoms with van der Waals surface area (Å²) < 4.78 is 27.4. The minimum atomic E-state index is -3.50. The number of nitrogens with zero attached hydrogens (tertiary/aromatic N) is 1. The van der Waals surface area contributed by atoms with Gasteiger partial charge in [0.1, 0.15) is 0 Å². The molecule has 4 nitrogen and oxygen atoms in total. The maximum Gasteiger partial charge on any atom is 0.240 e. The van der Waals surface area contributed by atoms with Crippen LogP contribution in [0, 0.1) is 29.6 Å². The Kier molecular flexibility index (Phi) is 3.90. The van der Waals surface area contributed by atoms with Crippen molar-refractivity contribution in [3.63, 3.8) is 0 Å². The third-order valence-electron chi connectivity index (χ3n) is 4.32. The molecule has 1 N–H and O–H groups in total. The summed E-state index contributed by atoms with van der Waals surface area (Å²) in [5.41, 5.74) is 1.21. The number of sulfonamides is 1. The number of aryl methyl sites for hydroxylation is 1. The smallest absolute Gasteiger partial charge is 0.211 e. The minimum Gasteiger partial charge on any atom is -0.211 e. The molecule has 0 aliphatic heterocycles. The summed E-state index contributed by atoms with van der Waals surface area (Å²) in [6.45, 7) is 6.47. The molecule has 0 atom stereocenters. The predicted molar refractivity (Wildman–Crippen MR) is 77.6 cm³/mol. The maximum absolute atomic E-state index is 12.4. The first-order valence-electron chi connectivity index (χ1n) is 6.81. The monoisotopic (exact) mass is 292 g/mol. The second-order valence-corrected chi connectivity index (χ2v) is 7.67. The lowest BCUT2D eigenvalue weighted by molar-refractivity contribution is 0.357. The zero-order chi connectivity index (χ0) is 15.0. The number of nitriles is 1. The number of hydrogen-bond acceptors (Lipinski definition) is 3. The molecule has 1 aromatic carbocycles. The molecule has 1 aromatic rings. The second-order valence-electron chi connectivity index (χ2n) is 5.93. The van der Waals surface area contributed by atoms with Crippen molar-refractivity contribution in [1.29, 1.82) is 5.26 Å². The molecule has 1 fully saturated rings. The third-order valence-corrected chi connectivity index (χ3v) is 5.89.